The third kappa shape index (κ3) is 1.57. The van der Waals surface area contributed by atoms with E-state index in [1.165, 1.54) is 0 Å². The molecule has 0 atom stereocenters. The average molecular weight is 184 g/mol. The molecule has 0 aromatic rings. The van der Waals surface area contributed by atoms with Gasteiger partial charge in [-0.05, 0) is 13.8 Å². The van der Waals surface area contributed by atoms with Crippen LogP contribution in [-0.4, -0.2) is 21.7 Å². The summed E-state index contributed by atoms with van der Waals surface area (Å²) in [5.74, 6) is 0.293. The zero-order valence-electron chi connectivity index (χ0n) is 9.43. The van der Waals surface area contributed by atoms with Gasteiger partial charge in [0.2, 0.25) is 5.66 Å². The van der Waals surface area contributed by atoms with Gasteiger partial charge in [-0.3, -0.25) is 0 Å². The van der Waals surface area contributed by atoms with E-state index in [4.69, 9.17) is 0 Å². The minimum Gasteiger partial charge on any atom is -0.622 e. The van der Waals surface area contributed by atoms with Gasteiger partial charge in [0.25, 0.3) is 0 Å². The summed E-state index contributed by atoms with van der Waals surface area (Å²) in [6.45, 7) is 12.1. The molecule has 1 aliphatic rings. The molecule has 1 aliphatic heterocycles. The van der Waals surface area contributed by atoms with Gasteiger partial charge in [-0.25, -0.2) is 5.32 Å². The molecule has 0 spiro atoms. The Hall–Kier alpha value is -0.570. The molecule has 1 N–H and O–H groups in total. The van der Waals surface area contributed by atoms with Crippen molar-refractivity contribution < 1.29 is 4.74 Å². The zero-order chi connectivity index (χ0) is 10.4. The minimum absolute atomic E-state index is 0.181. The Labute approximate surface area is 80.4 Å². The van der Waals surface area contributed by atoms with E-state index in [0.29, 0.717) is 5.92 Å². The summed E-state index contributed by atoms with van der Waals surface area (Å²) in [5.41, 5.74) is 0.292. The number of hydroxylamine groups is 1. The summed E-state index contributed by atoms with van der Waals surface area (Å²) < 4.78 is 1.12. The molecule has 1 heterocycles. The smallest absolute Gasteiger partial charge is 0.221 e. The van der Waals surface area contributed by atoms with Crippen molar-refractivity contribution in [3.63, 3.8) is 0 Å². The van der Waals surface area contributed by atoms with Gasteiger partial charge < -0.3 is 5.21 Å². The van der Waals surface area contributed by atoms with Gasteiger partial charge in [0.1, 0.15) is 5.54 Å². The Morgan fingerprint density at radius 1 is 1.23 bits per heavy atom. The Balaban J connectivity index is 3.18. The molecular formula is C10H20N2O. The van der Waals surface area contributed by atoms with Crippen molar-refractivity contribution in [1.29, 1.82) is 0 Å². The van der Waals surface area contributed by atoms with Gasteiger partial charge in [0.15, 0.2) is 5.71 Å². The number of hydrogen-bond acceptors (Lipinski definition) is 2. The second-order valence-corrected chi connectivity index (χ2v) is 5.14. The first-order valence-corrected chi connectivity index (χ1v) is 4.82. The largest absolute Gasteiger partial charge is 0.622 e. The van der Waals surface area contributed by atoms with Crippen LogP contribution < -0.4 is 5.32 Å². The van der Waals surface area contributed by atoms with Crippen molar-refractivity contribution in [2.45, 2.75) is 52.7 Å². The van der Waals surface area contributed by atoms with Gasteiger partial charge >= 0.3 is 0 Å². The van der Waals surface area contributed by atoms with E-state index < -0.39 is 5.66 Å². The van der Waals surface area contributed by atoms with Crippen LogP contribution in [0.3, 0.4) is 0 Å². The molecule has 0 bridgehead atoms. The molecule has 13 heavy (non-hydrogen) atoms. The van der Waals surface area contributed by atoms with Crippen molar-refractivity contribution in [3.8, 4) is 0 Å². The summed E-state index contributed by atoms with van der Waals surface area (Å²) in [4.78, 5) is 0. The predicted octanol–water partition coefficient (Wildman–Crippen LogP) is 1.71. The summed E-state index contributed by atoms with van der Waals surface area (Å²) in [5, 5.41) is 15.2. The SMILES string of the molecule is CC(C)C1=[N+]([O-])C(C)(C)NC1(C)C. The molecule has 0 aromatic carbocycles. The molecule has 0 saturated carbocycles. The summed E-state index contributed by atoms with van der Waals surface area (Å²) in [6, 6.07) is 0. The first-order valence-electron chi connectivity index (χ1n) is 4.82. The molecule has 0 saturated heterocycles. The Kier molecular flexibility index (Phi) is 2.19. The molecule has 0 radical (unpaired) electrons. The van der Waals surface area contributed by atoms with E-state index in [0.717, 1.165) is 10.5 Å². The van der Waals surface area contributed by atoms with Crippen LogP contribution in [0.4, 0.5) is 0 Å². The Bertz CT molecular complexity index is 252. The standard InChI is InChI=1S/C10H20N2O/c1-7(2)8-9(3,4)11-10(5,6)12(8)13/h7,11H,1-6H3. The topological polar surface area (TPSA) is 38.1 Å². The van der Waals surface area contributed by atoms with E-state index in [-0.39, 0.29) is 5.54 Å². The summed E-state index contributed by atoms with van der Waals surface area (Å²) >= 11 is 0. The number of nitrogens with zero attached hydrogens (tertiary/aromatic N) is 1. The van der Waals surface area contributed by atoms with E-state index in [1.807, 2.05) is 13.8 Å². The lowest BCUT2D eigenvalue weighted by atomic mass is 9.91. The van der Waals surface area contributed by atoms with E-state index in [2.05, 4.69) is 33.0 Å². The van der Waals surface area contributed by atoms with Crippen molar-refractivity contribution in [3.05, 3.63) is 5.21 Å². The maximum Gasteiger partial charge on any atom is 0.221 e. The van der Waals surface area contributed by atoms with Gasteiger partial charge in [0.05, 0.1) is 0 Å². The third-order valence-electron chi connectivity index (χ3n) is 2.53. The predicted molar refractivity (Wildman–Crippen MR) is 54.8 cm³/mol. The first-order chi connectivity index (χ1) is 5.68. The van der Waals surface area contributed by atoms with Crippen LogP contribution in [0.1, 0.15) is 41.5 Å². The van der Waals surface area contributed by atoms with Crippen LogP contribution >= 0.6 is 0 Å². The number of rotatable bonds is 1. The van der Waals surface area contributed by atoms with Gasteiger partial charge in [-0.15, -0.1) is 0 Å². The van der Waals surface area contributed by atoms with Gasteiger partial charge in [-0.1, -0.05) is 13.8 Å². The van der Waals surface area contributed by atoms with Crippen LogP contribution in [0, 0.1) is 11.1 Å². The number of nitrogens with one attached hydrogen (secondary N) is 1. The Morgan fingerprint density at radius 3 is 1.85 bits per heavy atom. The van der Waals surface area contributed by atoms with E-state index in [9.17, 15) is 5.21 Å². The van der Waals surface area contributed by atoms with Crippen molar-refractivity contribution in [2.24, 2.45) is 5.92 Å². The van der Waals surface area contributed by atoms with Crippen LogP contribution in [-0.2, 0) is 0 Å². The third-order valence-corrected chi connectivity index (χ3v) is 2.53. The highest BCUT2D eigenvalue weighted by Gasteiger charge is 2.49. The second kappa shape index (κ2) is 2.71. The van der Waals surface area contributed by atoms with Crippen molar-refractivity contribution in [1.82, 2.24) is 5.32 Å². The molecule has 0 fully saturated rings. The molecule has 0 amide bonds. The van der Waals surface area contributed by atoms with E-state index in [1.54, 1.807) is 0 Å². The lowest BCUT2D eigenvalue weighted by molar-refractivity contribution is -0.538. The van der Waals surface area contributed by atoms with Gasteiger partial charge in [0, 0.05) is 19.8 Å². The minimum atomic E-state index is -0.469. The molecular weight excluding hydrogens is 164 g/mol. The van der Waals surface area contributed by atoms with Gasteiger partial charge in [-0.2, -0.15) is 4.74 Å². The van der Waals surface area contributed by atoms with Crippen molar-refractivity contribution >= 4 is 5.71 Å². The fraction of sp³-hybridized carbons (Fsp3) is 0.900. The molecule has 3 nitrogen and oxygen atoms in total. The van der Waals surface area contributed by atoms with Crippen molar-refractivity contribution in [2.75, 3.05) is 0 Å². The summed E-state index contributed by atoms with van der Waals surface area (Å²) in [7, 11) is 0. The molecule has 0 aliphatic carbocycles. The molecule has 0 aromatic heterocycles. The van der Waals surface area contributed by atoms with Crippen LogP contribution in [0.15, 0.2) is 0 Å². The summed E-state index contributed by atoms with van der Waals surface area (Å²) in [6.07, 6.45) is 0. The maximum atomic E-state index is 11.9. The van der Waals surface area contributed by atoms with Crippen LogP contribution in [0.2, 0.25) is 0 Å². The monoisotopic (exact) mass is 184 g/mol. The first kappa shape index (κ1) is 10.5. The second-order valence-electron chi connectivity index (χ2n) is 5.14. The van der Waals surface area contributed by atoms with E-state index >= 15 is 0 Å². The Morgan fingerprint density at radius 2 is 1.69 bits per heavy atom. The molecule has 1 rings (SSSR count). The lowest BCUT2D eigenvalue weighted by Crippen LogP contribution is -2.50. The molecule has 76 valence electrons. The highest BCUT2D eigenvalue weighted by Crippen LogP contribution is 2.25. The van der Waals surface area contributed by atoms with Crippen LogP contribution in [0.5, 0.6) is 0 Å². The lowest BCUT2D eigenvalue weighted by Gasteiger charge is -2.21. The average Bonchev–Trinajstić information content (AvgIpc) is 1.96. The zero-order valence-corrected chi connectivity index (χ0v) is 9.43. The fourth-order valence-corrected chi connectivity index (χ4v) is 2.39. The van der Waals surface area contributed by atoms with Crippen LogP contribution in [0.25, 0.3) is 0 Å². The fourth-order valence-electron chi connectivity index (χ4n) is 2.39. The highest BCUT2D eigenvalue weighted by atomic mass is 16.5. The highest BCUT2D eigenvalue weighted by molar-refractivity contribution is 5.91. The molecule has 0 unspecified atom stereocenters. The normalized spacial score (nSPS) is 25.8. The maximum absolute atomic E-state index is 11.9. The quantitative estimate of drug-likeness (QED) is 0.497. The number of hydrogen-bond donors (Lipinski definition) is 1. The molecule has 3 heteroatoms.